The number of hydrogen-bond donors (Lipinski definition) is 1. The van der Waals surface area contributed by atoms with Crippen LogP contribution >= 0.6 is 0 Å². The molecule has 1 amide bonds. The van der Waals surface area contributed by atoms with Crippen molar-refractivity contribution in [3.63, 3.8) is 0 Å². The lowest BCUT2D eigenvalue weighted by molar-refractivity contribution is 0.102. The van der Waals surface area contributed by atoms with Crippen molar-refractivity contribution in [2.75, 3.05) is 12.4 Å². The van der Waals surface area contributed by atoms with Crippen molar-refractivity contribution < 1.29 is 9.53 Å². The summed E-state index contributed by atoms with van der Waals surface area (Å²) < 4.78 is 10.2. The number of benzene rings is 3. The molecule has 0 saturated carbocycles. The number of nitrogens with zero attached hydrogens (tertiary/aromatic N) is 4. The Morgan fingerprint density at radius 2 is 1.50 bits per heavy atom. The Bertz CT molecular complexity index is 1580. The number of carbonyl (C=O) groups is 1. The molecular weight excluding hydrogens is 454 g/mol. The normalized spacial score (nSPS) is 10.9. The Kier molecular flexibility index (Phi) is 6.00. The lowest BCUT2D eigenvalue weighted by Crippen LogP contribution is -2.23. The first-order valence-corrected chi connectivity index (χ1v) is 11.4. The minimum Gasteiger partial charge on any atom is -0.497 e. The fraction of sp³-hybridized carbons (Fsp3) is 0.107. The molecule has 0 unspecified atom stereocenters. The zero-order valence-corrected chi connectivity index (χ0v) is 20.2. The van der Waals surface area contributed by atoms with Crippen LogP contribution in [0.5, 0.6) is 5.75 Å². The van der Waals surface area contributed by atoms with Crippen molar-refractivity contribution in [1.29, 1.82) is 0 Å². The van der Waals surface area contributed by atoms with Gasteiger partial charge in [-0.2, -0.15) is 5.10 Å². The highest BCUT2D eigenvalue weighted by Crippen LogP contribution is 2.26. The van der Waals surface area contributed by atoms with E-state index in [1.54, 1.807) is 36.5 Å². The first-order chi connectivity index (χ1) is 17.5. The van der Waals surface area contributed by atoms with E-state index < -0.39 is 5.91 Å². The van der Waals surface area contributed by atoms with Crippen LogP contribution in [0.15, 0.2) is 95.8 Å². The number of amides is 1. The van der Waals surface area contributed by atoms with Crippen LogP contribution < -0.4 is 15.6 Å². The first-order valence-electron chi connectivity index (χ1n) is 11.4. The molecule has 8 heteroatoms. The maximum Gasteiger partial charge on any atom is 0.295 e. The number of nitrogens with one attached hydrogen (secondary N) is 1. The summed E-state index contributed by atoms with van der Waals surface area (Å²) in [6.07, 6.45) is 0. The number of para-hydroxylation sites is 2. The summed E-state index contributed by atoms with van der Waals surface area (Å²) in [7, 11) is 3.40. The van der Waals surface area contributed by atoms with Gasteiger partial charge in [0.25, 0.3) is 11.5 Å². The highest BCUT2D eigenvalue weighted by Gasteiger charge is 2.22. The maximum atomic E-state index is 13.3. The summed E-state index contributed by atoms with van der Waals surface area (Å²) in [6.45, 7) is 1.79. The van der Waals surface area contributed by atoms with Crippen molar-refractivity contribution in [2.45, 2.75) is 6.92 Å². The number of ether oxygens (including phenoxy) is 1. The monoisotopic (exact) mass is 479 g/mol. The summed E-state index contributed by atoms with van der Waals surface area (Å²) >= 11 is 0. The van der Waals surface area contributed by atoms with Gasteiger partial charge < -0.3 is 10.1 Å². The molecule has 0 aliphatic heterocycles. The lowest BCUT2D eigenvalue weighted by atomic mass is 10.1. The van der Waals surface area contributed by atoms with Crippen molar-refractivity contribution in [3.8, 4) is 28.4 Å². The average Bonchev–Trinajstić information content (AvgIpc) is 3.46. The molecule has 2 heterocycles. The van der Waals surface area contributed by atoms with Crippen molar-refractivity contribution in [1.82, 2.24) is 19.1 Å². The molecule has 0 bridgehead atoms. The van der Waals surface area contributed by atoms with Gasteiger partial charge in [-0.15, -0.1) is 0 Å². The number of methoxy groups -OCH3 is 1. The van der Waals surface area contributed by atoms with Gasteiger partial charge in [-0.05, 0) is 61.5 Å². The summed E-state index contributed by atoms with van der Waals surface area (Å²) in [5.74, 6) is 0.266. The lowest BCUT2D eigenvalue weighted by Gasteiger charge is -2.08. The zero-order valence-electron chi connectivity index (χ0n) is 20.2. The number of hydrogen-bond acceptors (Lipinski definition) is 4. The highest BCUT2D eigenvalue weighted by molar-refractivity contribution is 6.03. The summed E-state index contributed by atoms with van der Waals surface area (Å²) in [5.41, 5.74) is 3.86. The second-order valence-electron chi connectivity index (χ2n) is 8.28. The largest absolute Gasteiger partial charge is 0.497 e. The van der Waals surface area contributed by atoms with Gasteiger partial charge >= 0.3 is 0 Å². The quantitative estimate of drug-likeness (QED) is 0.386. The van der Waals surface area contributed by atoms with Gasteiger partial charge in [-0.1, -0.05) is 36.4 Å². The number of carbonyl (C=O) groups excluding carboxylic acids is 1. The van der Waals surface area contributed by atoms with Gasteiger partial charge in [0.05, 0.1) is 29.9 Å². The van der Waals surface area contributed by atoms with Crippen LogP contribution in [0.2, 0.25) is 0 Å². The highest BCUT2D eigenvalue weighted by atomic mass is 16.5. The molecule has 0 aliphatic carbocycles. The Hall–Kier alpha value is -4.85. The smallest absolute Gasteiger partial charge is 0.295 e. The molecule has 0 radical (unpaired) electrons. The molecule has 1 N–H and O–H groups in total. The molecule has 0 atom stereocenters. The van der Waals surface area contributed by atoms with Crippen LogP contribution in [0.3, 0.4) is 0 Å². The molecule has 0 fully saturated rings. The fourth-order valence-electron chi connectivity index (χ4n) is 4.12. The van der Waals surface area contributed by atoms with Crippen LogP contribution in [0.4, 0.5) is 5.69 Å². The number of aromatic nitrogens is 4. The van der Waals surface area contributed by atoms with Crippen molar-refractivity contribution >= 4 is 11.6 Å². The van der Waals surface area contributed by atoms with E-state index in [4.69, 9.17) is 4.74 Å². The number of rotatable bonds is 6. The van der Waals surface area contributed by atoms with Gasteiger partial charge in [-0.3, -0.25) is 14.3 Å². The Morgan fingerprint density at radius 1 is 0.889 bits per heavy atom. The van der Waals surface area contributed by atoms with Crippen LogP contribution in [0.1, 0.15) is 16.2 Å². The Balaban J connectivity index is 1.54. The van der Waals surface area contributed by atoms with E-state index in [0.717, 1.165) is 22.7 Å². The molecule has 8 nitrogen and oxygen atoms in total. The predicted molar refractivity (Wildman–Crippen MR) is 139 cm³/mol. The third kappa shape index (κ3) is 4.09. The number of anilines is 1. The van der Waals surface area contributed by atoms with Gasteiger partial charge in [0.2, 0.25) is 0 Å². The van der Waals surface area contributed by atoms with Crippen molar-refractivity contribution in [2.24, 2.45) is 7.05 Å². The van der Waals surface area contributed by atoms with E-state index >= 15 is 0 Å². The van der Waals surface area contributed by atoms with Crippen LogP contribution in [0.25, 0.3) is 22.6 Å². The topological polar surface area (TPSA) is 83.1 Å². The molecule has 0 spiro atoms. The first kappa shape index (κ1) is 22.9. The van der Waals surface area contributed by atoms with E-state index in [-0.39, 0.29) is 16.9 Å². The van der Waals surface area contributed by atoms with Gasteiger partial charge in [-0.25, -0.2) is 9.36 Å². The van der Waals surface area contributed by atoms with Crippen LogP contribution in [-0.4, -0.2) is 32.2 Å². The summed E-state index contributed by atoms with van der Waals surface area (Å²) in [6, 6.07) is 28.1. The molecule has 0 aliphatic rings. The van der Waals surface area contributed by atoms with Crippen molar-refractivity contribution in [3.05, 3.63) is 113 Å². The van der Waals surface area contributed by atoms with E-state index in [2.05, 4.69) is 10.4 Å². The Morgan fingerprint density at radius 3 is 2.11 bits per heavy atom. The SMILES string of the molecule is COc1ccc(-c2cc(C(=O)Nc3c(C)n(C)n(-c4ccccc4)c3=O)nn2-c2ccccc2)cc1. The average molecular weight is 480 g/mol. The molecule has 0 saturated heterocycles. The molecule has 5 rings (SSSR count). The summed E-state index contributed by atoms with van der Waals surface area (Å²) in [5, 5.41) is 7.40. The fourth-order valence-corrected chi connectivity index (χ4v) is 4.12. The molecule has 2 aromatic heterocycles. The molecule has 180 valence electrons. The minimum atomic E-state index is -0.467. The zero-order chi connectivity index (χ0) is 25.2. The molecule has 5 aromatic rings. The molecule has 3 aromatic carbocycles. The second-order valence-corrected chi connectivity index (χ2v) is 8.28. The van der Waals surface area contributed by atoms with Gasteiger partial charge in [0.1, 0.15) is 11.4 Å². The van der Waals surface area contributed by atoms with E-state index in [9.17, 15) is 9.59 Å². The maximum absolute atomic E-state index is 13.3. The Labute approximate surface area is 208 Å². The minimum absolute atomic E-state index is 0.193. The summed E-state index contributed by atoms with van der Waals surface area (Å²) in [4.78, 5) is 26.6. The van der Waals surface area contributed by atoms with E-state index in [1.165, 1.54) is 4.68 Å². The third-order valence-electron chi connectivity index (χ3n) is 6.12. The van der Waals surface area contributed by atoms with Crippen LogP contribution in [0, 0.1) is 6.92 Å². The van der Waals surface area contributed by atoms with Crippen LogP contribution in [-0.2, 0) is 7.05 Å². The molecular formula is C28H25N5O3. The molecule has 36 heavy (non-hydrogen) atoms. The standard InChI is InChI=1S/C28H25N5O3/c1-19-26(28(35)33(31(19)2)22-12-8-5-9-13-22)29-27(34)24-18-25(20-14-16-23(36-3)17-15-20)32(30-24)21-10-6-4-7-11-21/h4-18H,1-3H3,(H,29,34). The predicted octanol–water partition coefficient (Wildman–Crippen LogP) is 4.60. The van der Waals surface area contributed by atoms with Gasteiger partial charge in [0.15, 0.2) is 5.69 Å². The third-order valence-corrected chi connectivity index (χ3v) is 6.12. The van der Waals surface area contributed by atoms with E-state index in [1.807, 2.05) is 84.9 Å². The second kappa shape index (κ2) is 9.42. The van der Waals surface area contributed by atoms with Gasteiger partial charge in [0, 0.05) is 12.6 Å². The van der Waals surface area contributed by atoms with E-state index in [0.29, 0.717) is 11.4 Å².